The first-order chi connectivity index (χ1) is 17.8. The molecule has 0 unspecified atom stereocenters. The molecule has 37 heavy (non-hydrogen) atoms. The first kappa shape index (κ1) is 25.7. The van der Waals surface area contributed by atoms with Crippen molar-refractivity contribution in [3.8, 4) is 5.75 Å². The number of hydrogen-bond donors (Lipinski definition) is 1. The lowest BCUT2D eigenvalue weighted by atomic mass is 10.2. The zero-order valence-electron chi connectivity index (χ0n) is 20.5. The monoisotopic (exact) mass is 513 g/mol. The summed E-state index contributed by atoms with van der Waals surface area (Å²) in [4.78, 5) is 12.8. The van der Waals surface area contributed by atoms with E-state index in [-0.39, 0.29) is 4.90 Å². The molecule has 4 aromatic rings. The van der Waals surface area contributed by atoms with Crippen molar-refractivity contribution >= 4 is 27.8 Å². The van der Waals surface area contributed by atoms with Gasteiger partial charge in [-0.15, -0.1) is 0 Å². The summed E-state index contributed by atoms with van der Waals surface area (Å²) in [6, 6.07) is 30.2. The lowest BCUT2D eigenvalue weighted by molar-refractivity contribution is 0.0955. The molecule has 0 aliphatic rings. The van der Waals surface area contributed by atoms with E-state index in [1.54, 1.807) is 48.5 Å². The number of benzene rings is 4. The topological polar surface area (TPSA) is 88.1 Å². The quantitative estimate of drug-likeness (QED) is 0.247. The molecule has 0 saturated carbocycles. The fourth-order valence-corrected chi connectivity index (χ4v) is 4.70. The van der Waals surface area contributed by atoms with E-state index in [0.717, 1.165) is 16.7 Å². The Morgan fingerprint density at radius 2 is 1.54 bits per heavy atom. The Kier molecular flexibility index (Phi) is 8.00. The van der Waals surface area contributed by atoms with Crippen LogP contribution in [0.15, 0.2) is 113 Å². The number of nitrogens with one attached hydrogen (secondary N) is 1. The zero-order valence-corrected chi connectivity index (χ0v) is 21.4. The molecule has 0 atom stereocenters. The Bertz CT molecular complexity index is 1480. The molecule has 0 aliphatic heterocycles. The number of hydrazone groups is 1. The molecule has 1 N–H and O–H groups in total. The van der Waals surface area contributed by atoms with Gasteiger partial charge in [0.2, 0.25) is 0 Å². The Hall–Kier alpha value is -4.43. The highest BCUT2D eigenvalue weighted by molar-refractivity contribution is 7.92. The van der Waals surface area contributed by atoms with Gasteiger partial charge in [0.25, 0.3) is 15.9 Å². The summed E-state index contributed by atoms with van der Waals surface area (Å²) in [5.41, 5.74) is 6.02. The smallest absolute Gasteiger partial charge is 0.271 e. The maximum atomic E-state index is 12.9. The van der Waals surface area contributed by atoms with Gasteiger partial charge in [-0.3, -0.25) is 9.10 Å². The van der Waals surface area contributed by atoms with Crippen LogP contribution < -0.4 is 14.5 Å². The minimum atomic E-state index is -3.72. The van der Waals surface area contributed by atoms with E-state index in [9.17, 15) is 13.2 Å². The van der Waals surface area contributed by atoms with Gasteiger partial charge in [0.15, 0.2) is 0 Å². The number of carbonyl (C=O) groups excluding carboxylic acids is 1. The molecule has 1 amide bonds. The number of para-hydroxylation sites is 1. The minimum Gasteiger partial charge on any atom is -0.488 e. The minimum absolute atomic E-state index is 0.199. The summed E-state index contributed by atoms with van der Waals surface area (Å²) >= 11 is 0. The molecule has 0 heterocycles. The van der Waals surface area contributed by atoms with Crippen LogP contribution in [0, 0.1) is 6.92 Å². The SMILES string of the molecule is Cc1ccc(S(=O)(=O)N(C)c2ccc(C(=O)N/N=C\c3ccccc3OCc3ccccc3)cc2)cc1. The molecule has 0 bridgehead atoms. The molecule has 4 aromatic carbocycles. The molecule has 0 aromatic heterocycles. The van der Waals surface area contributed by atoms with Gasteiger partial charge in [-0.05, 0) is 61.0 Å². The van der Waals surface area contributed by atoms with Gasteiger partial charge in [0, 0.05) is 18.2 Å². The van der Waals surface area contributed by atoms with E-state index in [2.05, 4.69) is 10.5 Å². The number of nitrogens with zero attached hydrogens (tertiary/aromatic N) is 2. The van der Waals surface area contributed by atoms with Crippen molar-refractivity contribution in [2.24, 2.45) is 5.10 Å². The molecule has 188 valence electrons. The molecule has 7 nitrogen and oxygen atoms in total. The molecule has 4 rings (SSSR count). The van der Waals surface area contributed by atoms with Crippen molar-refractivity contribution in [3.63, 3.8) is 0 Å². The molecule has 0 spiro atoms. The van der Waals surface area contributed by atoms with Gasteiger partial charge in [-0.25, -0.2) is 13.8 Å². The average molecular weight is 514 g/mol. The fourth-order valence-electron chi connectivity index (χ4n) is 3.51. The summed E-state index contributed by atoms with van der Waals surface area (Å²) in [6.45, 7) is 2.31. The maximum Gasteiger partial charge on any atom is 0.271 e. The molecular formula is C29H27N3O4S. The van der Waals surface area contributed by atoms with E-state index in [0.29, 0.717) is 23.6 Å². The fraction of sp³-hybridized carbons (Fsp3) is 0.103. The highest BCUT2D eigenvalue weighted by Gasteiger charge is 2.21. The summed E-state index contributed by atoms with van der Waals surface area (Å²) in [6.07, 6.45) is 1.52. The molecule has 0 fully saturated rings. The van der Waals surface area contributed by atoms with Crippen molar-refractivity contribution in [2.45, 2.75) is 18.4 Å². The number of amides is 1. The number of hydrogen-bond acceptors (Lipinski definition) is 5. The first-order valence-electron chi connectivity index (χ1n) is 11.6. The predicted octanol–water partition coefficient (Wildman–Crippen LogP) is 5.16. The lowest BCUT2D eigenvalue weighted by Crippen LogP contribution is -2.26. The largest absolute Gasteiger partial charge is 0.488 e. The van der Waals surface area contributed by atoms with Crippen LogP contribution >= 0.6 is 0 Å². The number of rotatable bonds is 9. The molecule has 0 radical (unpaired) electrons. The van der Waals surface area contributed by atoms with Crippen molar-refractivity contribution in [2.75, 3.05) is 11.4 Å². The van der Waals surface area contributed by atoms with Crippen molar-refractivity contribution in [1.29, 1.82) is 0 Å². The number of anilines is 1. The van der Waals surface area contributed by atoms with Crippen LogP contribution in [-0.2, 0) is 16.6 Å². The van der Waals surface area contributed by atoms with Crippen LogP contribution in [-0.4, -0.2) is 27.6 Å². The third kappa shape index (κ3) is 6.42. The Balaban J connectivity index is 1.39. The van der Waals surface area contributed by atoms with E-state index < -0.39 is 15.9 Å². The van der Waals surface area contributed by atoms with E-state index in [4.69, 9.17) is 4.74 Å². The van der Waals surface area contributed by atoms with Crippen LogP contribution in [0.2, 0.25) is 0 Å². The number of sulfonamides is 1. The lowest BCUT2D eigenvalue weighted by Gasteiger charge is -2.19. The van der Waals surface area contributed by atoms with Crippen molar-refractivity contribution in [1.82, 2.24) is 5.43 Å². The highest BCUT2D eigenvalue weighted by Crippen LogP contribution is 2.23. The van der Waals surface area contributed by atoms with Gasteiger partial charge >= 0.3 is 0 Å². The summed E-state index contributed by atoms with van der Waals surface area (Å²) in [7, 11) is -2.24. The van der Waals surface area contributed by atoms with Crippen molar-refractivity contribution < 1.29 is 17.9 Å². The number of ether oxygens (including phenoxy) is 1. The van der Waals surface area contributed by atoms with Gasteiger partial charge < -0.3 is 4.74 Å². The van der Waals surface area contributed by atoms with Gasteiger partial charge in [-0.2, -0.15) is 5.10 Å². The van der Waals surface area contributed by atoms with Crippen molar-refractivity contribution in [3.05, 3.63) is 125 Å². The second kappa shape index (κ2) is 11.5. The van der Waals surface area contributed by atoms with Gasteiger partial charge in [0.1, 0.15) is 12.4 Å². The van der Waals surface area contributed by atoms with Crippen LogP contribution in [0.3, 0.4) is 0 Å². The third-order valence-corrected chi connectivity index (χ3v) is 7.50. The Morgan fingerprint density at radius 1 is 0.892 bits per heavy atom. The van der Waals surface area contributed by atoms with Crippen LogP contribution in [0.5, 0.6) is 5.75 Å². The van der Waals surface area contributed by atoms with Gasteiger partial charge in [0.05, 0.1) is 16.8 Å². The summed E-state index contributed by atoms with van der Waals surface area (Å²) in [5, 5.41) is 4.07. The van der Waals surface area contributed by atoms with E-state index in [1.807, 2.05) is 61.5 Å². The van der Waals surface area contributed by atoms with E-state index in [1.165, 1.54) is 17.6 Å². The summed E-state index contributed by atoms with van der Waals surface area (Å²) in [5.74, 6) is 0.223. The molecule has 8 heteroatoms. The molecule has 0 aliphatic carbocycles. The van der Waals surface area contributed by atoms with Gasteiger partial charge in [-0.1, -0.05) is 60.2 Å². The molecule has 0 saturated heterocycles. The number of carbonyl (C=O) groups is 1. The Morgan fingerprint density at radius 3 is 2.24 bits per heavy atom. The summed E-state index contributed by atoms with van der Waals surface area (Å²) < 4.78 is 32.9. The second-order valence-electron chi connectivity index (χ2n) is 8.34. The maximum absolute atomic E-state index is 12.9. The van der Waals surface area contributed by atoms with Crippen LogP contribution in [0.25, 0.3) is 0 Å². The second-order valence-corrected chi connectivity index (χ2v) is 10.3. The third-order valence-electron chi connectivity index (χ3n) is 5.70. The van der Waals surface area contributed by atoms with Crippen LogP contribution in [0.1, 0.15) is 27.0 Å². The molecular weight excluding hydrogens is 486 g/mol. The zero-order chi connectivity index (χ0) is 26.3. The predicted molar refractivity (Wildman–Crippen MR) is 145 cm³/mol. The van der Waals surface area contributed by atoms with Crippen LogP contribution in [0.4, 0.5) is 5.69 Å². The Labute approximate surface area is 217 Å². The number of aryl methyl sites for hydroxylation is 1. The first-order valence-corrected chi connectivity index (χ1v) is 13.0. The normalized spacial score (nSPS) is 11.3. The highest BCUT2D eigenvalue weighted by atomic mass is 32.2. The van der Waals surface area contributed by atoms with E-state index >= 15 is 0 Å². The standard InChI is InChI=1S/C29H27N3O4S/c1-22-12-18-27(19-13-22)37(34,35)32(2)26-16-14-24(15-17-26)29(33)31-30-20-25-10-6-7-11-28(25)36-21-23-8-4-3-5-9-23/h3-20H,21H2,1-2H3,(H,31,33)/b30-20-. The average Bonchev–Trinajstić information content (AvgIpc) is 2.93.